The monoisotopic (exact) mass is 312 g/mol. The zero-order chi connectivity index (χ0) is 15.1. The van der Waals surface area contributed by atoms with Crippen LogP contribution >= 0.6 is 11.6 Å². The Morgan fingerprint density at radius 2 is 2.19 bits per heavy atom. The molecule has 0 saturated carbocycles. The van der Waals surface area contributed by atoms with E-state index in [1.54, 1.807) is 18.3 Å². The number of piperidine rings is 1. The van der Waals surface area contributed by atoms with Gasteiger partial charge in [0.15, 0.2) is 0 Å². The molecule has 1 amide bonds. The second-order valence-electron chi connectivity index (χ2n) is 4.93. The molecule has 0 atom stereocenters. The molecule has 0 radical (unpaired) electrons. The first-order chi connectivity index (χ1) is 10.2. The Bertz CT molecular complexity index is 462. The van der Waals surface area contributed by atoms with Gasteiger partial charge in [-0.1, -0.05) is 11.6 Å². The van der Waals surface area contributed by atoms with Crippen LogP contribution in [-0.2, 0) is 9.47 Å². The Hall–Kier alpha value is -1.17. The van der Waals surface area contributed by atoms with E-state index >= 15 is 0 Å². The molecule has 6 heteroatoms. The number of hydrogen-bond donors (Lipinski definition) is 0. The van der Waals surface area contributed by atoms with Gasteiger partial charge < -0.3 is 14.4 Å². The molecule has 1 aromatic heterocycles. The number of aromatic nitrogens is 1. The second-order valence-corrected chi connectivity index (χ2v) is 5.31. The van der Waals surface area contributed by atoms with Crippen LogP contribution in [0.5, 0.6) is 0 Å². The lowest BCUT2D eigenvalue weighted by molar-refractivity contribution is -0.0182. The van der Waals surface area contributed by atoms with Crippen LogP contribution in [0.25, 0.3) is 0 Å². The molecule has 21 heavy (non-hydrogen) atoms. The number of carbonyl (C=O) groups excluding carboxylic acids is 1. The van der Waals surface area contributed by atoms with Crippen molar-refractivity contribution in [2.75, 3.05) is 32.9 Å². The molecule has 5 nitrogen and oxygen atoms in total. The van der Waals surface area contributed by atoms with E-state index in [0.29, 0.717) is 43.6 Å². The van der Waals surface area contributed by atoms with Crippen molar-refractivity contribution < 1.29 is 14.3 Å². The number of amides is 1. The van der Waals surface area contributed by atoms with Crippen LogP contribution in [0, 0.1) is 0 Å². The molecule has 0 unspecified atom stereocenters. The van der Waals surface area contributed by atoms with Crippen molar-refractivity contribution in [3.8, 4) is 0 Å². The third-order valence-electron chi connectivity index (χ3n) is 3.49. The normalized spacial score (nSPS) is 16.2. The Labute approximate surface area is 130 Å². The molecule has 2 heterocycles. The zero-order valence-corrected chi connectivity index (χ0v) is 13.0. The van der Waals surface area contributed by atoms with Crippen LogP contribution in [-0.4, -0.2) is 54.8 Å². The van der Waals surface area contributed by atoms with E-state index in [1.807, 2.05) is 11.8 Å². The number of nitrogens with zero attached hydrogens (tertiary/aromatic N) is 2. The fourth-order valence-corrected chi connectivity index (χ4v) is 2.54. The number of halogens is 1. The van der Waals surface area contributed by atoms with E-state index in [1.165, 1.54) is 0 Å². The maximum absolute atomic E-state index is 12.3. The SMILES string of the molecule is CCOCCOC1CCN(C(=O)c2ccnc(Cl)c2)CC1. The van der Waals surface area contributed by atoms with Crippen molar-refractivity contribution in [3.05, 3.63) is 29.0 Å². The maximum Gasteiger partial charge on any atom is 0.254 e. The number of ether oxygens (including phenoxy) is 2. The van der Waals surface area contributed by atoms with E-state index in [4.69, 9.17) is 21.1 Å². The average molecular weight is 313 g/mol. The summed E-state index contributed by atoms with van der Waals surface area (Å²) in [7, 11) is 0. The zero-order valence-electron chi connectivity index (χ0n) is 12.3. The quantitative estimate of drug-likeness (QED) is 0.598. The second kappa shape index (κ2) is 8.32. The minimum absolute atomic E-state index is 0.00654. The van der Waals surface area contributed by atoms with Crippen molar-refractivity contribution in [1.29, 1.82) is 0 Å². The summed E-state index contributed by atoms with van der Waals surface area (Å²) in [4.78, 5) is 18.1. The van der Waals surface area contributed by atoms with E-state index in [0.717, 1.165) is 12.8 Å². The number of likely N-dealkylation sites (tertiary alicyclic amines) is 1. The van der Waals surface area contributed by atoms with Gasteiger partial charge in [-0.25, -0.2) is 4.98 Å². The molecular formula is C15H21ClN2O3. The Kier molecular flexibility index (Phi) is 6.42. The minimum atomic E-state index is 0.00654. The van der Waals surface area contributed by atoms with E-state index in [2.05, 4.69) is 4.98 Å². The first-order valence-electron chi connectivity index (χ1n) is 7.31. The molecule has 0 N–H and O–H groups in total. The third kappa shape index (κ3) is 4.95. The Balaban J connectivity index is 1.77. The highest BCUT2D eigenvalue weighted by Gasteiger charge is 2.24. The third-order valence-corrected chi connectivity index (χ3v) is 3.69. The van der Waals surface area contributed by atoms with Crippen LogP contribution in [0.3, 0.4) is 0 Å². The minimum Gasteiger partial charge on any atom is -0.379 e. The van der Waals surface area contributed by atoms with Crippen molar-refractivity contribution in [3.63, 3.8) is 0 Å². The molecule has 2 rings (SSSR count). The summed E-state index contributed by atoms with van der Waals surface area (Å²) in [5, 5.41) is 0.343. The van der Waals surface area contributed by atoms with Crippen molar-refractivity contribution in [1.82, 2.24) is 9.88 Å². The Morgan fingerprint density at radius 1 is 1.43 bits per heavy atom. The summed E-state index contributed by atoms with van der Waals surface area (Å²) in [6.45, 7) is 5.34. The first kappa shape index (κ1) is 16.2. The van der Waals surface area contributed by atoms with Crippen LogP contribution in [0.1, 0.15) is 30.1 Å². The largest absolute Gasteiger partial charge is 0.379 e. The highest BCUT2D eigenvalue weighted by molar-refractivity contribution is 6.29. The van der Waals surface area contributed by atoms with Crippen LogP contribution in [0.15, 0.2) is 18.3 Å². The van der Waals surface area contributed by atoms with Crippen molar-refractivity contribution in [2.24, 2.45) is 0 Å². The summed E-state index contributed by atoms with van der Waals surface area (Å²) < 4.78 is 11.0. The van der Waals surface area contributed by atoms with Gasteiger partial charge in [-0.15, -0.1) is 0 Å². The fraction of sp³-hybridized carbons (Fsp3) is 0.600. The summed E-state index contributed by atoms with van der Waals surface area (Å²) in [6.07, 6.45) is 3.49. The summed E-state index contributed by atoms with van der Waals surface area (Å²) in [5.41, 5.74) is 0.589. The molecule has 1 aromatic rings. The molecule has 1 fully saturated rings. The molecule has 1 aliphatic rings. The van der Waals surface area contributed by atoms with Crippen molar-refractivity contribution >= 4 is 17.5 Å². The van der Waals surface area contributed by atoms with Crippen LogP contribution in [0.2, 0.25) is 5.15 Å². The van der Waals surface area contributed by atoms with Crippen molar-refractivity contribution in [2.45, 2.75) is 25.9 Å². The van der Waals surface area contributed by atoms with Gasteiger partial charge in [0.2, 0.25) is 0 Å². The van der Waals surface area contributed by atoms with Crippen LogP contribution in [0.4, 0.5) is 0 Å². The summed E-state index contributed by atoms with van der Waals surface area (Å²) in [6, 6.07) is 3.30. The summed E-state index contributed by atoms with van der Waals surface area (Å²) >= 11 is 5.82. The lowest BCUT2D eigenvalue weighted by atomic mass is 10.1. The van der Waals surface area contributed by atoms with E-state index in [-0.39, 0.29) is 12.0 Å². The molecule has 1 saturated heterocycles. The molecule has 0 spiro atoms. The lowest BCUT2D eigenvalue weighted by Gasteiger charge is -2.32. The fourth-order valence-electron chi connectivity index (χ4n) is 2.36. The molecule has 1 aliphatic heterocycles. The number of rotatable bonds is 6. The number of carbonyl (C=O) groups is 1. The molecule has 0 bridgehead atoms. The smallest absolute Gasteiger partial charge is 0.254 e. The van der Waals surface area contributed by atoms with Gasteiger partial charge in [-0.3, -0.25) is 4.79 Å². The molecular weight excluding hydrogens is 292 g/mol. The van der Waals surface area contributed by atoms with Gasteiger partial charge in [-0.2, -0.15) is 0 Å². The Morgan fingerprint density at radius 3 is 2.86 bits per heavy atom. The van der Waals surface area contributed by atoms with E-state index in [9.17, 15) is 4.79 Å². The first-order valence-corrected chi connectivity index (χ1v) is 7.68. The van der Waals surface area contributed by atoms with Crippen LogP contribution < -0.4 is 0 Å². The number of pyridine rings is 1. The van der Waals surface area contributed by atoms with Gasteiger partial charge in [0.05, 0.1) is 19.3 Å². The highest BCUT2D eigenvalue weighted by Crippen LogP contribution is 2.17. The van der Waals surface area contributed by atoms with Gasteiger partial charge in [0.1, 0.15) is 5.15 Å². The van der Waals surface area contributed by atoms with Gasteiger partial charge in [-0.05, 0) is 31.9 Å². The van der Waals surface area contributed by atoms with Gasteiger partial charge in [0.25, 0.3) is 5.91 Å². The predicted octanol–water partition coefficient (Wildman–Crippen LogP) is 2.39. The average Bonchev–Trinajstić information content (AvgIpc) is 2.51. The van der Waals surface area contributed by atoms with Gasteiger partial charge >= 0.3 is 0 Å². The summed E-state index contributed by atoms with van der Waals surface area (Å²) in [5.74, 6) is 0.00654. The maximum atomic E-state index is 12.3. The van der Waals surface area contributed by atoms with E-state index < -0.39 is 0 Å². The predicted molar refractivity (Wildman–Crippen MR) is 80.6 cm³/mol. The van der Waals surface area contributed by atoms with Gasteiger partial charge in [0, 0.05) is 31.5 Å². The molecule has 0 aliphatic carbocycles. The standard InChI is InChI=1S/C15H21ClN2O3/c1-2-20-9-10-21-13-4-7-18(8-5-13)15(19)12-3-6-17-14(16)11-12/h3,6,11,13H,2,4-5,7-10H2,1H3. The molecule has 116 valence electrons. The highest BCUT2D eigenvalue weighted by atomic mass is 35.5. The topological polar surface area (TPSA) is 51.7 Å². The number of hydrogen-bond acceptors (Lipinski definition) is 4. The molecule has 0 aromatic carbocycles. The lowest BCUT2D eigenvalue weighted by Crippen LogP contribution is -2.41.